The van der Waals surface area contributed by atoms with E-state index in [0.717, 1.165) is 17.4 Å². The molecule has 0 aromatic heterocycles. The maximum absolute atomic E-state index is 13.4. The molecule has 0 saturated carbocycles. The third kappa shape index (κ3) is 5.27. The van der Waals surface area contributed by atoms with Gasteiger partial charge in [0.2, 0.25) is 5.91 Å². The van der Waals surface area contributed by atoms with Gasteiger partial charge >= 0.3 is 18.0 Å². The van der Waals surface area contributed by atoms with Crippen LogP contribution in [0.5, 0.6) is 5.75 Å². The van der Waals surface area contributed by atoms with Gasteiger partial charge in [0, 0.05) is 12.0 Å². The number of rotatable bonds is 6. The molecule has 1 amide bonds. The molecular formula is C16H19F6N3O2. The fourth-order valence-corrected chi connectivity index (χ4v) is 2.09. The van der Waals surface area contributed by atoms with E-state index in [2.05, 4.69) is 4.99 Å². The number of hydrogen-bond acceptors (Lipinski definition) is 3. The Balaban J connectivity index is 3.48. The smallest absolute Gasteiger partial charge is 0.441 e. The van der Waals surface area contributed by atoms with Crippen molar-refractivity contribution in [1.29, 1.82) is 0 Å². The molecule has 0 fully saturated rings. The highest BCUT2D eigenvalue weighted by Gasteiger charge is 2.73. The minimum Gasteiger partial charge on any atom is -0.497 e. The van der Waals surface area contributed by atoms with Gasteiger partial charge in [-0.2, -0.15) is 26.3 Å². The van der Waals surface area contributed by atoms with E-state index in [0.29, 0.717) is 5.75 Å². The van der Waals surface area contributed by atoms with E-state index in [1.807, 2.05) is 0 Å². The molecule has 0 unspecified atom stereocenters. The molecular weight excluding hydrogens is 380 g/mol. The van der Waals surface area contributed by atoms with Crippen LogP contribution in [0.1, 0.15) is 25.8 Å². The SMILES string of the molecule is COc1ccc(/C(N)=N/C(NC(=O)CC(C)C)(C(F)(F)F)C(F)(F)F)cc1. The van der Waals surface area contributed by atoms with Gasteiger partial charge in [0.05, 0.1) is 7.11 Å². The second-order valence-corrected chi connectivity index (χ2v) is 6.08. The first-order chi connectivity index (χ1) is 12.2. The molecule has 0 heterocycles. The minimum absolute atomic E-state index is 0.202. The van der Waals surface area contributed by atoms with Gasteiger partial charge in [0.1, 0.15) is 11.6 Å². The van der Waals surface area contributed by atoms with Gasteiger partial charge in [0.15, 0.2) is 0 Å². The highest BCUT2D eigenvalue weighted by atomic mass is 19.4. The van der Waals surface area contributed by atoms with Gasteiger partial charge in [-0.3, -0.25) is 4.79 Å². The van der Waals surface area contributed by atoms with Gasteiger partial charge in [-0.1, -0.05) is 13.8 Å². The van der Waals surface area contributed by atoms with E-state index in [-0.39, 0.29) is 5.56 Å². The summed E-state index contributed by atoms with van der Waals surface area (Å²) in [7, 11) is 1.33. The average Bonchev–Trinajstić information content (AvgIpc) is 2.51. The number of carbonyl (C=O) groups excluding carboxylic acids is 1. The summed E-state index contributed by atoms with van der Waals surface area (Å²) in [5.41, 5.74) is 0.334. The van der Waals surface area contributed by atoms with E-state index < -0.39 is 42.1 Å². The number of hydrogen-bond donors (Lipinski definition) is 2. The Kier molecular flexibility index (Phi) is 6.73. The Bertz CT molecular complexity index is 667. The summed E-state index contributed by atoms with van der Waals surface area (Å²) in [5.74, 6) is -2.65. The molecule has 0 radical (unpaired) electrons. The summed E-state index contributed by atoms with van der Waals surface area (Å²) in [6, 6.07) is 4.87. The summed E-state index contributed by atoms with van der Waals surface area (Å²) in [5, 5.41) is 0.984. The number of nitrogens with one attached hydrogen (secondary N) is 1. The van der Waals surface area contributed by atoms with E-state index in [1.54, 1.807) is 0 Å². The number of amidine groups is 1. The summed E-state index contributed by atoms with van der Waals surface area (Å²) in [6.07, 6.45) is -12.5. The van der Waals surface area contributed by atoms with Crippen LogP contribution in [-0.4, -0.2) is 36.9 Å². The van der Waals surface area contributed by atoms with Crippen LogP contribution in [0.4, 0.5) is 26.3 Å². The number of benzene rings is 1. The molecule has 0 aliphatic heterocycles. The molecule has 152 valence electrons. The fourth-order valence-electron chi connectivity index (χ4n) is 2.09. The second kappa shape index (κ2) is 8.05. The Morgan fingerprint density at radius 2 is 1.59 bits per heavy atom. The van der Waals surface area contributed by atoms with Crippen LogP contribution in [0.15, 0.2) is 29.3 Å². The number of nitrogens with two attached hydrogens (primary N) is 1. The monoisotopic (exact) mass is 399 g/mol. The summed E-state index contributed by atoms with van der Waals surface area (Å²) in [6.45, 7) is 2.94. The van der Waals surface area contributed by atoms with Crippen LogP contribution in [0.3, 0.4) is 0 Å². The normalized spacial score (nSPS) is 13.6. The van der Waals surface area contributed by atoms with E-state index >= 15 is 0 Å². The van der Waals surface area contributed by atoms with Crippen molar-refractivity contribution < 1.29 is 35.9 Å². The summed E-state index contributed by atoms with van der Waals surface area (Å²) in [4.78, 5) is 14.4. The lowest BCUT2D eigenvalue weighted by Gasteiger charge is -2.35. The third-order valence-electron chi connectivity index (χ3n) is 3.41. The molecule has 5 nitrogen and oxygen atoms in total. The quantitative estimate of drug-likeness (QED) is 0.437. The van der Waals surface area contributed by atoms with Crippen molar-refractivity contribution in [2.45, 2.75) is 38.3 Å². The van der Waals surface area contributed by atoms with Crippen LogP contribution in [0, 0.1) is 5.92 Å². The lowest BCUT2D eigenvalue weighted by Crippen LogP contribution is -2.67. The number of aliphatic imine (C=N–C) groups is 1. The van der Waals surface area contributed by atoms with Crippen molar-refractivity contribution in [3.05, 3.63) is 29.8 Å². The first kappa shape index (κ1) is 22.6. The van der Waals surface area contributed by atoms with Crippen molar-refractivity contribution in [2.24, 2.45) is 16.6 Å². The molecule has 3 N–H and O–H groups in total. The standard InChI is InChI=1S/C16H19F6N3O2/c1-9(2)8-12(26)24-14(15(17,18)19,16(20,21)22)25-13(23)10-4-6-11(27-3)7-5-10/h4-7,9H,8H2,1-3H3,(H2,23,25)(H,24,26). The van der Waals surface area contributed by atoms with Crippen LogP contribution in [-0.2, 0) is 4.79 Å². The molecule has 1 aromatic rings. The fraction of sp³-hybridized carbons (Fsp3) is 0.500. The molecule has 0 aliphatic carbocycles. The Hall–Kier alpha value is -2.46. The molecule has 11 heteroatoms. The Morgan fingerprint density at radius 1 is 1.11 bits per heavy atom. The van der Waals surface area contributed by atoms with E-state index in [9.17, 15) is 31.1 Å². The van der Waals surface area contributed by atoms with Crippen LogP contribution < -0.4 is 15.8 Å². The number of nitrogens with zero attached hydrogens (tertiary/aromatic N) is 1. The maximum atomic E-state index is 13.4. The number of ether oxygens (including phenoxy) is 1. The second-order valence-electron chi connectivity index (χ2n) is 6.08. The first-order valence-electron chi connectivity index (χ1n) is 7.67. The van der Waals surface area contributed by atoms with Crippen LogP contribution in [0.25, 0.3) is 0 Å². The third-order valence-corrected chi connectivity index (χ3v) is 3.41. The van der Waals surface area contributed by atoms with E-state index in [1.165, 1.54) is 33.1 Å². The van der Waals surface area contributed by atoms with Crippen molar-refractivity contribution in [1.82, 2.24) is 5.32 Å². The average molecular weight is 399 g/mol. The lowest BCUT2D eigenvalue weighted by molar-refractivity contribution is -0.303. The zero-order chi connectivity index (χ0) is 21.0. The predicted octanol–water partition coefficient (Wildman–Crippen LogP) is 3.38. The maximum Gasteiger partial charge on any atom is 0.441 e. The number of methoxy groups -OCH3 is 1. The molecule has 0 atom stereocenters. The molecule has 1 aromatic carbocycles. The first-order valence-corrected chi connectivity index (χ1v) is 7.67. The molecule has 0 saturated heterocycles. The van der Waals surface area contributed by atoms with Crippen LogP contribution in [0.2, 0.25) is 0 Å². The number of halogens is 6. The zero-order valence-corrected chi connectivity index (χ0v) is 14.7. The van der Waals surface area contributed by atoms with Crippen molar-refractivity contribution in [3.63, 3.8) is 0 Å². The lowest BCUT2D eigenvalue weighted by atomic mass is 10.1. The summed E-state index contributed by atoms with van der Waals surface area (Å²) >= 11 is 0. The Labute approximate surface area is 151 Å². The number of carbonyl (C=O) groups is 1. The minimum atomic E-state index is -5.98. The predicted molar refractivity (Wildman–Crippen MR) is 86.2 cm³/mol. The molecule has 1 rings (SSSR count). The Morgan fingerprint density at radius 3 is 1.96 bits per heavy atom. The number of amides is 1. The zero-order valence-electron chi connectivity index (χ0n) is 14.7. The van der Waals surface area contributed by atoms with Gasteiger partial charge in [-0.25, -0.2) is 4.99 Å². The van der Waals surface area contributed by atoms with Gasteiger partial charge in [-0.05, 0) is 30.2 Å². The molecule has 0 aliphatic rings. The van der Waals surface area contributed by atoms with Crippen molar-refractivity contribution in [3.8, 4) is 5.75 Å². The van der Waals surface area contributed by atoms with E-state index in [4.69, 9.17) is 10.5 Å². The van der Waals surface area contributed by atoms with Gasteiger partial charge in [-0.15, -0.1) is 0 Å². The van der Waals surface area contributed by atoms with Crippen LogP contribution >= 0.6 is 0 Å². The van der Waals surface area contributed by atoms with Crippen molar-refractivity contribution in [2.75, 3.05) is 7.11 Å². The van der Waals surface area contributed by atoms with Gasteiger partial charge in [0.25, 0.3) is 0 Å². The molecule has 0 bridgehead atoms. The largest absolute Gasteiger partial charge is 0.497 e. The number of alkyl halides is 6. The summed E-state index contributed by atoms with van der Waals surface area (Å²) < 4.78 is 85.5. The topological polar surface area (TPSA) is 76.7 Å². The molecule has 27 heavy (non-hydrogen) atoms. The molecule has 0 spiro atoms. The highest BCUT2D eigenvalue weighted by Crippen LogP contribution is 2.44. The van der Waals surface area contributed by atoms with Gasteiger partial charge < -0.3 is 15.8 Å². The highest BCUT2D eigenvalue weighted by molar-refractivity contribution is 5.98. The van der Waals surface area contributed by atoms with Crippen molar-refractivity contribution >= 4 is 11.7 Å².